The maximum Gasteiger partial charge on any atom is 0.326 e. The Morgan fingerprint density at radius 3 is 2.12 bits per heavy atom. The molecule has 0 radical (unpaired) electrons. The van der Waals surface area contributed by atoms with Gasteiger partial charge in [0.1, 0.15) is 18.1 Å². The summed E-state index contributed by atoms with van der Waals surface area (Å²) in [5.41, 5.74) is 10.8. The fraction of sp³-hybridized carbons (Fsp3) is 0.714. The summed E-state index contributed by atoms with van der Waals surface area (Å²) in [7, 11) is 0. The van der Waals surface area contributed by atoms with E-state index in [-0.39, 0.29) is 44.6 Å². The lowest BCUT2D eigenvalue weighted by molar-refractivity contribution is -0.150. The lowest BCUT2D eigenvalue weighted by Crippen LogP contribution is -2.57. The van der Waals surface area contributed by atoms with E-state index in [0.717, 1.165) is 4.90 Å². The molecule has 0 aromatic rings. The Bertz CT molecular complexity index is 787. The number of primary amides is 1. The number of carbonyl (C=O) groups is 6. The zero-order valence-electron chi connectivity index (χ0n) is 19.5. The molecule has 8 N–H and O–H groups in total. The van der Waals surface area contributed by atoms with Crippen molar-refractivity contribution < 1.29 is 39.0 Å². The third kappa shape index (κ3) is 9.33. The van der Waals surface area contributed by atoms with E-state index in [4.69, 9.17) is 16.6 Å². The minimum Gasteiger partial charge on any atom is -0.481 e. The molecule has 13 heteroatoms. The third-order valence-corrected chi connectivity index (χ3v) is 5.46. The maximum absolute atomic E-state index is 13.0. The summed E-state index contributed by atoms with van der Waals surface area (Å²) in [6.07, 6.45) is 0.129. The van der Waals surface area contributed by atoms with Crippen LogP contribution in [0.4, 0.5) is 0 Å². The van der Waals surface area contributed by atoms with Gasteiger partial charge in [-0.1, -0.05) is 13.8 Å². The molecule has 0 bridgehead atoms. The first-order valence-corrected chi connectivity index (χ1v) is 11.2. The molecule has 4 atom stereocenters. The molecule has 0 aromatic carbocycles. The molecule has 34 heavy (non-hydrogen) atoms. The van der Waals surface area contributed by atoms with E-state index in [1.54, 1.807) is 0 Å². The van der Waals surface area contributed by atoms with Gasteiger partial charge in [-0.05, 0) is 38.0 Å². The first kappa shape index (κ1) is 28.8. The number of hydrogen-bond donors (Lipinski definition) is 6. The average molecular weight is 486 g/mol. The number of carbonyl (C=O) groups excluding carboxylic acids is 4. The number of amides is 4. The van der Waals surface area contributed by atoms with Crippen LogP contribution in [0.15, 0.2) is 0 Å². The Kier molecular flexibility index (Phi) is 11.4. The van der Waals surface area contributed by atoms with Gasteiger partial charge in [-0.15, -0.1) is 0 Å². The molecule has 1 saturated heterocycles. The van der Waals surface area contributed by atoms with Gasteiger partial charge in [0.15, 0.2) is 0 Å². The maximum atomic E-state index is 13.0. The molecule has 4 unspecified atom stereocenters. The summed E-state index contributed by atoms with van der Waals surface area (Å²) in [5.74, 6) is -5.12. The highest BCUT2D eigenvalue weighted by atomic mass is 16.4. The number of nitrogens with one attached hydrogen (secondary N) is 2. The molecule has 1 aliphatic heterocycles. The van der Waals surface area contributed by atoms with E-state index in [0.29, 0.717) is 6.42 Å². The van der Waals surface area contributed by atoms with Gasteiger partial charge in [0.25, 0.3) is 0 Å². The highest BCUT2D eigenvalue weighted by molar-refractivity contribution is 5.94. The number of carboxylic acid groups (broad SMARTS) is 2. The molecule has 0 aliphatic carbocycles. The van der Waals surface area contributed by atoms with Crippen LogP contribution in [0.1, 0.15) is 58.8 Å². The minimum absolute atomic E-state index is 0.0115. The number of carboxylic acids is 2. The van der Waals surface area contributed by atoms with Gasteiger partial charge in [-0.3, -0.25) is 24.0 Å². The summed E-state index contributed by atoms with van der Waals surface area (Å²) in [6, 6.07) is -4.49. The van der Waals surface area contributed by atoms with Crippen molar-refractivity contribution in [3.8, 4) is 0 Å². The Labute approximate surface area is 197 Å². The number of aliphatic carboxylic acids is 2. The lowest BCUT2D eigenvalue weighted by atomic mass is 10.0. The van der Waals surface area contributed by atoms with Gasteiger partial charge in [0.05, 0.1) is 6.04 Å². The Balaban J connectivity index is 2.99. The lowest BCUT2D eigenvalue weighted by Gasteiger charge is -2.29. The van der Waals surface area contributed by atoms with Crippen LogP contribution in [0.25, 0.3) is 0 Å². The van der Waals surface area contributed by atoms with E-state index < -0.39 is 66.2 Å². The molecule has 0 saturated carbocycles. The fourth-order valence-electron chi connectivity index (χ4n) is 3.70. The molecule has 1 heterocycles. The van der Waals surface area contributed by atoms with Crippen molar-refractivity contribution in [2.45, 2.75) is 83.0 Å². The normalized spacial score (nSPS) is 18.1. The van der Waals surface area contributed by atoms with Gasteiger partial charge in [0.2, 0.25) is 23.6 Å². The van der Waals surface area contributed by atoms with Crippen molar-refractivity contribution in [2.75, 3.05) is 6.54 Å². The predicted octanol–water partition coefficient (Wildman–Crippen LogP) is -1.46. The summed E-state index contributed by atoms with van der Waals surface area (Å²) >= 11 is 0. The highest BCUT2D eigenvalue weighted by Gasteiger charge is 2.38. The molecule has 0 spiro atoms. The van der Waals surface area contributed by atoms with Crippen LogP contribution in [0, 0.1) is 5.92 Å². The molecule has 1 fully saturated rings. The summed E-state index contributed by atoms with van der Waals surface area (Å²) in [6.45, 7) is 3.80. The van der Waals surface area contributed by atoms with Gasteiger partial charge in [-0.25, -0.2) is 4.79 Å². The van der Waals surface area contributed by atoms with Crippen molar-refractivity contribution in [3.63, 3.8) is 0 Å². The van der Waals surface area contributed by atoms with E-state index in [9.17, 15) is 33.9 Å². The molecule has 13 nitrogen and oxygen atoms in total. The van der Waals surface area contributed by atoms with Crippen molar-refractivity contribution in [3.05, 3.63) is 0 Å². The number of hydrogen-bond acceptors (Lipinski definition) is 7. The van der Waals surface area contributed by atoms with Gasteiger partial charge in [-0.2, -0.15) is 0 Å². The van der Waals surface area contributed by atoms with E-state index in [1.807, 2.05) is 13.8 Å². The number of rotatable bonds is 14. The Morgan fingerprint density at radius 1 is 0.971 bits per heavy atom. The van der Waals surface area contributed by atoms with Crippen LogP contribution in [-0.4, -0.2) is 81.4 Å². The largest absolute Gasteiger partial charge is 0.481 e. The van der Waals surface area contributed by atoms with Crippen LogP contribution in [0.2, 0.25) is 0 Å². The second-order valence-electron chi connectivity index (χ2n) is 8.82. The van der Waals surface area contributed by atoms with Crippen molar-refractivity contribution >= 4 is 35.6 Å². The topological polar surface area (TPSA) is 222 Å². The van der Waals surface area contributed by atoms with E-state index in [2.05, 4.69) is 10.6 Å². The second kappa shape index (κ2) is 13.5. The summed E-state index contributed by atoms with van der Waals surface area (Å²) < 4.78 is 0. The number of nitrogens with two attached hydrogens (primary N) is 2. The Morgan fingerprint density at radius 2 is 1.59 bits per heavy atom. The molecular weight excluding hydrogens is 450 g/mol. The standard InChI is InChI=1S/C21H35N5O8/c1-11(2)10-14(25-18(30)12(22)5-7-16(23)27)19(31)24-13(6-8-17(28)29)20(32)26-9-3-4-15(26)21(33)34/h11-15H,3-10,22H2,1-2H3,(H2,23,27)(H,24,31)(H,25,30)(H,28,29)(H,33,34). The zero-order chi connectivity index (χ0) is 26.0. The summed E-state index contributed by atoms with van der Waals surface area (Å²) in [5, 5.41) is 23.4. The minimum atomic E-state index is -1.28. The van der Waals surface area contributed by atoms with Crippen LogP contribution in [-0.2, 0) is 28.8 Å². The SMILES string of the molecule is CC(C)CC(NC(=O)C(N)CCC(N)=O)C(=O)NC(CCC(=O)O)C(=O)N1CCCC1C(=O)O. The van der Waals surface area contributed by atoms with Crippen molar-refractivity contribution in [2.24, 2.45) is 17.4 Å². The summed E-state index contributed by atoms with van der Waals surface area (Å²) in [4.78, 5) is 73.1. The highest BCUT2D eigenvalue weighted by Crippen LogP contribution is 2.20. The zero-order valence-corrected chi connectivity index (χ0v) is 19.5. The smallest absolute Gasteiger partial charge is 0.326 e. The van der Waals surface area contributed by atoms with Crippen molar-refractivity contribution in [1.82, 2.24) is 15.5 Å². The van der Waals surface area contributed by atoms with Crippen LogP contribution >= 0.6 is 0 Å². The Hall–Kier alpha value is -3.22. The molecular formula is C21H35N5O8. The molecule has 1 aliphatic rings. The first-order chi connectivity index (χ1) is 15.8. The molecule has 192 valence electrons. The quantitative estimate of drug-likeness (QED) is 0.169. The van der Waals surface area contributed by atoms with Gasteiger partial charge < -0.3 is 37.2 Å². The van der Waals surface area contributed by atoms with Crippen LogP contribution in [0.3, 0.4) is 0 Å². The van der Waals surface area contributed by atoms with Crippen LogP contribution < -0.4 is 22.1 Å². The number of likely N-dealkylation sites (tertiary alicyclic amines) is 1. The average Bonchev–Trinajstić information content (AvgIpc) is 3.23. The van der Waals surface area contributed by atoms with Gasteiger partial charge >= 0.3 is 11.9 Å². The van der Waals surface area contributed by atoms with Crippen LogP contribution in [0.5, 0.6) is 0 Å². The molecule has 1 rings (SSSR count). The van der Waals surface area contributed by atoms with E-state index in [1.165, 1.54) is 0 Å². The predicted molar refractivity (Wildman–Crippen MR) is 119 cm³/mol. The third-order valence-electron chi connectivity index (χ3n) is 5.46. The second-order valence-corrected chi connectivity index (χ2v) is 8.82. The molecule has 4 amide bonds. The van der Waals surface area contributed by atoms with Crippen molar-refractivity contribution in [1.29, 1.82) is 0 Å². The monoisotopic (exact) mass is 485 g/mol. The van der Waals surface area contributed by atoms with Gasteiger partial charge in [0, 0.05) is 19.4 Å². The number of nitrogens with zero attached hydrogens (tertiary/aromatic N) is 1. The first-order valence-electron chi connectivity index (χ1n) is 11.2. The van der Waals surface area contributed by atoms with E-state index >= 15 is 0 Å². The molecule has 0 aromatic heterocycles. The fourth-order valence-corrected chi connectivity index (χ4v) is 3.70.